The van der Waals surface area contributed by atoms with Crippen LogP contribution in [0.1, 0.15) is 32.1 Å². The molecule has 1 aliphatic carbocycles. The van der Waals surface area contributed by atoms with Crippen molar-refractivity contribution in [3.63, 3.8) is 0 Å². The molecule has 0 unspecified atom stereocenters. The van der Waals surface area contributed by atoms with Gasteiger partial charge in [-0.15, -0.1) is 0 Å². The van der Waals surface area contributed by atoms with Crippen LogP contribution in [-0.4, -0.2) is 24.0 Å². The molecule has 15 heavy (non-hydrogen) atoms. The number of ether oxygens (including phenoxy) is 1. The lowest BCUT2D eigenvalue weighted by molar-refractivity contribution is -0.139. The Morgan fingerprint density at radius 1 is 1.27 bits per heavy atom. The molecule has 0 saturated heterocycles. The number of esters is 1. The minimum atomic E-state index is -0.862. The van der Waals surface area contributed by atoms with Crippen molar-refractivity contribution in [2.24, 2.45) is 5.92 Å². The van der Waals surface area contributed by atoms with Crippen LogP contribution in [0.4, 0.5) is 0 Å². The lowest BCUT2D eigenvalue weighted by Gasteiger charge is -2.18. The first-order chi connectivity index (χ1) is 7.15. The lowest BCUT2D eigenvalue weighted by atomic mass is 9.86. The monoisotopic (exact) mass is 212 g/mol. The summed E-state index contributed by atoms with van der Waals surface area (Å²) in [6, 6.07) is 0. The number of hydrogen-bond acceptors (Lipinski definition) is 4. The lowest BCUT2D eigenvalue weighted by Crippen LogP contribution is -2.17. The Kier molecular flexibility index (Phi) is 4.34. The number of carbonyl (C=O) groups excluding carboxylic acids is 2. The first-order valence-corrected chi connectivity index (χ1v) is 5.18. The highest BCUT2D eigenvalue weighted by Crippen LogP contribution is 2.24. The maximum absolute atomic E-state index is 11.6. The van der Waals surface area contributed by atoms with Gasteiger partial charge in [-0.25, -0.2) is 4.79 Å². The molecule has 1 rings (SSSR count). The van der Waals surface area contributed by atoms with Crippen molar-refractivity contribution < 1.29 is 19.4 Å². The molecule has 0 atom stereocenters. The molecule has 0 aromatic heterocycles. The standard InChI is InChI=1S/C11H16O4/c1-15-11(14)10(13)7-9(12)8-5-3-2-4-6-8/h7-8,13H,2-6H2,1H3/b10-7-. The van der Waals surface area contributed by atoms with Crippen LogP contribution in [-0.2, 0) is 14.3 Å². The summed E-state index contributed by atoms with van der Waals surface area (Å²) in [4.78, 5) is 22.4. The van der Waals surface area contributed by atoms with Gasteiger partial charge in [-0.05, 0) is 12.8 Å². The maximum Gasteiger partial charge on any atom is 0.373 e. The number of hydrogen-bond donors (Lipinski definition) is 1. The zero-order chi connectivity index (χ0) is 11.3. The van der Waals surface area contributed by atoms with E-state index in [1.807, 2.05) is 0 Å². The van der Waals surface area contributed by atoms with Crippen molar-refractivity contribution in [1.29, 1.82) is 0 Å². The van der Waals surface area contributed by atoms with E-state index in [-0.39, 0.29) is 11.7 Å². The maximum atomic E-state index is 11.6. The number of aliphatic hydroxyl groups is 1. The summed E-state index contributed by atoms with van der Waals surface area (Å²) >= 11 is 0. The van der Waals surface area contributed by atoms with Crippen molar-refractivity contribution >= 4 is 11.8 Å². The molecular formula is C11H16O4. The van der Waals surface area contributed by atoms with Gasteiger partial charge in [0, 0.05) is 12.0 Å². The molecule has 1 fully saturated rings. The highest BCUT2D eigenvalue weighted by molar-refractivity contribution is 5.98. The first kappa shape index (κ1) is 11.8. The van der Waals surface area contributed by atoms with Crippen molar-refractivity contribution in [2.45, 2.75) is 32.1 Å². The van der Waals surface area contributed by atoms with Gasteiger partial charge in [0.15, 0.2) is 5.78 Å². The van der Waals surface area contributed by atoms with E-state index in [0.717, 1.165) is 45.3 Å². The quantitative estimate of drug-likeness (QED) is 0.440. The molecule has 1 saturated carbocycles. The summed E-state index contributed by atoms with van der Waals surface area (Å²) in [5.41, 5.74) is 0. The number of ketones is 1. The van der Waals surface area contributed by atoms with E-state index in [1.54, 1.807) is 0 Å². The molecule has 4 heteroatoms. The SMILES string of the molecule is COC(=O)/C(O)=C/C(=O)C1CCCCC1. The van der Waals surface area contributed by atoms with Crippen molar-refractivity contribution in [3.8, 4) is 0 Å². The fourth-order valence-electron chi connectivity index (χ4n) is 1.80. The number of allylic oxidation sites excluding steroid dienone is 1. The second-order valence-electron chi connectivity index (χ2n) is 3.76. The van der Waals surface area contributed by atoms with Crippen LogP contribution in [0.25, 0.3) is 0 Å². The van der Waals surface area contributed by atoms with Crippen molar-refractivity contribution in [1.82, 2.24) is 0 Å². The number of aliphatic hydroxyl groups excluding tert-OH is 1. The molecule has 0 bridgehead atoms. The molecular weight excluding hydrogens is 196 g/mol. The van der Waals surface area contributed by atoms with Gasteiger partial charge in [-0.2, -0.15) is 0 Å². The van der Waals surface area contributed by atoms with Crippen LogP contribution in [0.3, 0.4) is 0 Å². The summed E-state index contributed by atoms with van der Waals surface area (Å²) in [5.74, 6) is -1.67. The molecule has 0 heterocycles. The van der Waals surface area contributed by atoms with E-state index in [0.29, 0.717) is 0 Å². The Bertz CT molecular complexity index is 274. The third-order valence-corrected chi connectivity index (χ3v) is 2.68. The van der Waals surface area contributed by atoms with E-state index in [2.05, 4.69) is 4.74 Å². The van der Waals surface area contributed by atoms with Gasteiger partial charge in [0.1, 0.15) is 0 Å². The van der Waals surface area contributed by atoms with Gasteiger partial charge < -0.3 is 9.84 Å². The minimum Gasteiger partial charge on any atom is -0.502 e. The summed E-state index contributed by atoms with van der Waals surface area (Å²) in [6.07, 6.45) is 5.94. The van der Waals surface area contributed by atoms with Gasteiger partial charge in [0.25, 0.3) is 0 Å². The minimum absolute atomic E-state index is 0.0365. The largest absolute Gasteiger partial charge is 0.502 e. The second kappa shape index (κ2) is 5.53. The van der Waals surface area contributed by atoms with E-state index < -0.39 is 11.7 Å². The van der Waals surface area contributed by atoms with Crippen LogP contribution in [0.15, 0.2) is 11.8 Å². The number of carbonyl (C=O) groups is 2. The third kappa shape index (κ3) is 3.38. The van der Waals surface area contributed by atoms with Crippen molar-refractivity contribution in [2.75, 3.05) is 7.11 Å². The fraction of sp³-hybridized carbons (Fsp3) is 0.636. The predicted octanol–water partition coefficient (Wildman–Crippen LogP) is 1.75. The normalized spacial score (nSPS) is 18.6. The molecule has 0 aromatic carbocycles. The van der Waals surface area contributed by atoms with Crippen LogP contribution in [0.5, 0.6) is 0 Å². The van der Waals surface area contributed by atoms with E-state index in [9.17, 15) is 14.7 Å². The van der Waals surface area contributed by atoms with Gasteiger partial charge in [-0.3, -0.25) is 4.79 Å². The molecule has 0 spiro atoms. The summed E-state index contributed by atoms with van der Waals surface area (Å²) in [7, 11) is 1.16. The summed E-state index contributed by atoms with van der Waals surface area (Å²) in [6.45, 7) is 0. The van der Waals surface area contributed by atoms with Crippen molar-refractivity contribution in [3.05, 3.63) is 11.8 Å². The molecule has 84 valence electrons. The summed E-state index contributed by atoms with van der Waals surface area (Å²) < 4.78 is 4.29. The molecule has 0 amide bonds. The average Bonchev–Trinajstić information content (AvgIpc) is 2.29. The zero-order valence-electron chi connectivity index (χ0n) is 8.86. The smallest absolute Gasteiger partial charge is 0.373 e. The topological polar surface area (TPSA) is 63.6 Å². The summed E-state index contributed by atoms with van der Waals surface area (Å²) in [5, 5.41) is 9.18. The van der Waals surface area contributed by atoms with E-state index >= 15 is 0 Å². The van der Waals surface area contributed by atoms with Gasteiger partial charge in [0.2, 0.25) is 5.76 Å². The zero-order valence-corrected chi connectivity index (χ0v) is 8.86. The Morgan fingerprint density at radius 2 is 1.87 bits per heavy atom. The van der Waals surface area contributed by atoms with Crippen LogP contribution in [0.2, 0.25) is 0 Å². The highest BCUT2D eigenvalue weighted by atomic mass is 16.5. The Balaban J connectivity index is 2.56. The Hall–Kier alpha value is -1.32. The molecule has 0 radical (unpaired) electrons. The number of rotatable bonds is 3. The van der Waals surface area contributed by atoms with Crippen LogP contribution < -0.4 is 0 Å². The van der Waals surface area contributed by atoms with E-state index in [4.69, 9.17) is 0 Å². The fourth-order valence-corrected chi connectivity index (χ4v) is 1.80. The second-order valence-corrected chi connectivity index (χ2v) is 3.76. The Morgan fingerprint density at radius 3 is 2.40 bits per heavy atom. The van der Waals surface area contributed by atoms with Gasteiger partial charge in [-0.1, -0.05) is 19.3 Å². The van der Waals surface area contributed by atoms with E-state index in [1.165, 1.54) is 0 Å². The highest BCUT2D eigenvalue weighted by Gasteiger charge is 2.21. The van der Waals surface area contributed by atoms with Gasteiger partial charge >= 0.3 is 5.97 Å². The molecule has 1 aliphatic rings. The third-order valence-electron chi connectivity index (χ3n) is 2.68. The molecule has 0 aromatic rings. The first-order valence-electron chi connectivity index (χ1n) is 5.18. The molecule has 0 aliphatic heterocycles. The van der Waals surface area contributed by atoms with Gasteiger partial charge in [0.05, 0.1) is 7.11 Å². The van der Waals surface area contributed by atoms with Crippen LogP contribution >= 0.6 is 0 Å². The number of methoxy groups -OCH3 is 1. The average molecular weight is 212 g/mol. The molecule has 4 nitrogen and oxygen atoms in total. The Labute approximate surface area is 88.9 Å². The molecule has 1 N–H and O–H groups in total. The van der Waals surface area contributed by atoms with Crippen LogP contribution in [0, 0.1) is 5.92 Å². The predicted molar refractivity (Wildman–Crippen MR) is 54.3 cm³/mol.